The molecule has 1 amide bonds. The van der Waals surface area contributed by atoms with E-state index in [-0.39, 0.29) is 11.7 Å². The van der Waals surface area contributed by atoms with Crippen LogP contribution in [0.4, 0.5) is 4.39 Å². The molecule has 0 radical (unpaired) electrons. The van der Waals surface area contributed by atoms with Gasteiger partial charge in [-0.05, 0) is 35.6 Å². The van der Waals surface area contributed by atoms with E-state index < -0.39 is 0 Å². The Labute approximate surface area is 169 Å². The van der Waals surface area contributed by atoms with Gasteiger partial charge in [-0.3, -0.25) is 4.79 Å². The fraction of sp³-hybridized carbons (Fsp3) is 0.0952. The van der Waals surface area contributed by atoms with E-state index in [1.165, 1.54) is 28.7 Å². The Morgan fingerprint density at radius 2 is 2.00 bits per heavy atom. The number of benzene rings is 2. The minimum absolute atomic E-state index is 0.242. The van der Waals surface area contributed by atoms with E-state index in [9.17, 15) is 9.18 Å². The molecule has 138 valence electrons. The van der Waals surface area contributed by atoms with Crippen molar-refractivity contribution in [1.29, 1.82) is 0 Å². The maximum Gasteiger partial charge on any atom is 0.270 e. The number of terminal acetylenes is 1. The Balaban J connectivity index is 1.42. The van der Waals surface area contributed by atoms with Gasteiger partial charge in [0.1, 0.15) is 11.5 Å². The predicted octanol–water partition coefficient (Wildman–Crippen LogP) is 4.51. The Hall–Kier alpha value is -3.08. The summed E-state index contributed by atoms with van der Waals surface area (Å²) < 4.78 is 15.2. The summed E-state index contributed by atoms with van der Waals surface area (Å²) in [7, 11) is 0. The van der Waals surface area contributed by atoms with E-state index >= 15 is 0 Å². The van der Waals surface area contributed by atoms with Crippen molar-refractivity contribution in [3.8, 4) is 23.5 Å². The zero-order valence-corrected chi connectivity index (χ0v) is 16.2. The van der Waals surface area contributed by atoms with Gasteiger partial charge in [-0.15, -0.1) is 29.1 Å². The second kappa shape index (κ2) is 7.89. The molecule has 2 aromatic carbocycles. The quantitative estimate of drug-likeness (QED) is 0.495. The first-order valence-electron chi connectivity index (χ1n) is 8.47. The molecule has 0 aliphatic heterocycles. The lowest BCUT2D eigenvalue weighted by atomic mass is 10.0. The van der Waals surface area contributed by atoms with Crippen molar-refractivity contribution in [1.82, 2.24) is 15.3 Å². The average molecular weight is 407 g/mol. The first kappa shape index (κ1) is 18.3. The van der Waals surface area contributed by atoms with E-state index in [0.717, 1.165) is 21.3 Å². The van der Waals surface area contributed by atoms with E-state index in [1.54, 1.807) is 17.0 Å². The van der Waals surface area contributed by atoms with Gasteiger partial charge >= 0.3 is 0 Å². The molecule has 0 unspecified atom stereocenters. The van der Waals surface area contributed by atoms with Crippen molar-refractivity contribution in [2.24, 2.45) is 0 Å². The predicted molar refractivity (Wildman–Crippen MR) is 111 cm³/mol. The van der Waals surface area contributed by atoms with Gasteiger partial charge in [0, 0.05) is 17.5 Å². The van der Waals surface area contributed by atoms with Gasteiger partial charge in [0.05, 0.1) is 15.7 Å². The molecule has 7 heteroatoms. The first-order chi connectivity index (χ1) is 13.7. The molecular weight excluding hydrogens is 393 g/mol. The summed E-state index contributed by atoms with van der Waals surface area (Å²) in [6.45, 7) is 0.472. The van der Waals surface area contributed by atoms with Gasteiger partial charge in [0.15, 0.2) is 5.01 Å². The van der Waals surface area contributed by atoms with Crippen molar-refractivity contribution in [2.45, 2.75) is 6.42 Å². The summed E-state index contributed by atoms with van der Waals surface area (Å²) in [6, 6.07) is 10.8. The highest BCUT2D eigenvalue weighted by Gasteiger charge is 2.12. The van der Waals surface area contributed by atoms with Crippen LogP contribution in [0.5, 0.6) is 0 Å². The second-order valence-corrected chi connectivity index (χ2v) is 7.72. The highest BCUT2D eigenvalue weighted by Crippen LogP contribution is 2.33. The third kappa shape index (κ3) is 3.65. The number of amides is 1. The highest BCUT2D eigenvalue weighted by atomic mass is 32.1. The van der Waals surface area contributed by atoms with Crippen LogP contribution in [0, 0.1) is 18.2 Å². The average Bonchev–Trinajstić information content (AvgIpc) is 3.38. The van der Waals surface area contributed by atoms with Gasteiger partial charge in [-0.2, -0.15) is 0 Å². The number of halogens is 1. The molecule has 4 rings (SSSR count). The summed E-state index contributed by atoms with van der Waals surface area (Å²) in [6.07, 6.45) is 5.93. The van der Waals surface area contributed by atoms with Crippen molar-refractivity contribution >= 4 is 38.8 Å². The molecule has 28 heavy (non-hydrogen) atoms. The summed E-state index contributed by atoms with van der Waals surface area (Å²) in [5.41, 5.74) is 5.28. The number of fused-ring (bicyclic) bond motifs is 1. The van der Waals surface area contributed by atoms with Gasteiger partial charge < -0.3 is 5.32 Å². The maximum atomic E-state index is 14.4. The lowest BCUT2D eigenvalue weighted by Gasteiger charge is -2.07. The zero-order valence-electron chi connectivity index (χ0n) is 14.6. The molecule has 0 saturated carbocycles. The molecule has 0 atom stereocenters. The molecule has 0 saturated heterocycles. The topological polar surface area (TPSA) is 54.9 Å². The Morgan fingerprint density at radius 1 is 1.18 bits per heavy atom. The molecule has 0 aliphatic rings. The minimum atomic E-state index is -0.258. The summed E-state index contributed by atoms with van der Waals surface area (Å²) in [5, 5.41) is 4.97. The molecule has 0 fully saturated rings. The molecule has 4 nitrogen and oxygen atoms in total. The van der Waals surface area contributed by atoms with Crippen LogP contribution in [0.3, 0.4) is 0 Å². The molecular formula is C21H14FN3OS2. The van der Waals surface area contributed by atoms with Crippen LogP contribution in [-0.2, 0) is 6.42 Å². The number of aromatic nitrogens is 2. The molecule has 0 spiro atoms. The third-order valence-electron chi connectivity index (χ3n) is 4.25. The smallest absolute Gasteiger partial charge is 0.270 e. The largest absolute Gasteiger partial charge is 0.350 e. The zero-order chi connectivity index (χ0) is 19.5. The number of nitrogens with one attached hydrogen (secondary N) is 1. The third-order valence-corrected chi connectivity index (χ3v) is 5.88. The fourth-order valence-corrected chi connectivity index (χ4v) is 4.32. The van der Waals surface area contributed by atoms with E-state index in [2.05, 4.69) is 21.2 Å². The molecule has 2 aromatic heterocycles. The number of carbonyl (C=O) groups excluding carboxylic acids is 1. The van der Waals surface area contributed by atoms with Crippen LogP contribution in [0.1, 0.15) is 21.1 Å². The molecule has 0 aliphatic carbocycles. The van der Waals surface area contributed by atoms with Crippen molar-refractivity contribution in [3.05, 3.63) is 69.4 Å². The van der Waals surface area contributed by atoms with Crippen LogP contribution in [0.2, 0.25) is 0 Å². The lowest BCUT2D eigenvalue weighted by Crippen LogP contribution is -2.25. The number of thiazole rings is 2. The summed E-state index contributed by atoms with van der Waals surface area (Å²) in [4.78, 5) is 20.4. The second-order valence-electron chi connectivity index (χ2n) is 6.01. The monoisotopic (exact) mass is 407 g/mol. The highest BCUT2D eigenvalue weighted by molar-refractivity contribution is 7.17. The van der Waals surface area contributed by atoms with Gasteiger partial charge in [-0.25, -0.2) is 14.4 Å². The number of hydrogen-bond donors (Lipinski definition) is 1. The lowest BCUT2D eigenvalue weighted by molar-refractivity contribution is 0.0950. The van der Waals surface area contributed by atoms with Crippen molar-refractivity contribution in [3.63, 3.8) is 0 Å². The van der Waals surface area contributed by atoms with Gasteiger partial charge in [0.2, 0.25) is 0 Å². The Bertz CT molecular complexity index is 1190. The van der Waals surface area contributed by atoms with Crippen LogP contribution in [0.25, 0.3) is 21.3 Å². The molecule has 1 N–H and O–H groups in total. The van der Waals surface area contributed by atoms with Crippen LogP contribution >= 0.6 is 22.7 Å². The number of carbonyl (C=O) groups is 1. The summed E-state index contributed by atoms with van der Waals surface area (Å²) in [5.74, 6) is 1.91. The standard InChI is InChI=1S/C21H14FN3OS2/c1-2-18-25-17(11-27-18)21(26)23-10-9-13-3-5-14(6-4-13)19-15(22)7-8-16-20(19)28-12-24-16/h1,3-8,11-12H,9-10H2,(H,23,26). The summed E-state index contributed by atoms with van der Waals surface area (Å²) >= 11 is 2.70. The molecule has 2 heterocycles. The van der Waals surface area contributed by atoms with Gasteiger partial charge in [-0.1, -0.05) is 24.3 Å². The Morgan fingerprint density at radius 3 is 2.75 bits per heavy atom. The SMILES string of the molecule is C#Cc1nc(C(=O)NCCc2ccc(-c3c(F)ccc4ncsc34)cc2)cs1. The minimum Gasteiger partial charge on any atom is -0.350 e. The maximum absolute atomic E-state index is 14.4. The van der Waals surface area contributed by atoms with Gasteiger partial charge in [0.25, 0.3) is 5.91 Å². The van der Waals surface area contributed by atoms with Crippen molar-refractivity contribution < 1.29 is 9.18 Å². The van der Waals surface area contributed by atoms with Crippen LogP contribution < -0.4 is 5.32 Å². The number of nitrogens with zero attached hydrogens (tertiary/aromatic N) is 2. The van der Waals surface area contributed by atoms with Crippen LogP contribution in [0.15, 0.2) is 47.3 Å². The van der Waals surface area contributed by atoms with Crippen LogP contribution in [-0.4, -0.2) is 22.4 Å². The molecule has 4 aromatic rings. The number of hydrogen-bond acceptors (Lipinski definition) is 5. The van der Waals surface area contributed by atoms with E-state index in [4.69, 9.17) is 6.42 Å². The van der Waals surface area contributed by atoms with E-state index in [1.807, 2.05) is 24.3 Å². The first-order valence-corrected chi connectivity index (χ1v) is 10.2. The molecule has 0 bridgehead atoms. The fourth-order valence-electron chi connectivity index (χ4n) is 2.87. The Kier molecular flexibility index (Phi) is 5.15. The normalized spacial score (nSPS) is 10.7. The van der Waals surface area contributed by atoms with Crippen molar-refractivity contribution in [2.75, 3.05) is 6.54 Å². The van der Waals surface area contributed by atoms with E-state index in [0.29, 0.717) is 29.2 Å². The number of rotatable bonds is 5.